The highest BCUT2D eigenvalue weighted by Crippen LogP contribution is 2.35. The summed E-state index contributed by atoms with van der Waals surface area (Å²) in [7, 11) is -3.54. The number of ketones is 1. The van der Waals surface area contributed by atoms with Gasteiger partial charge in [0.05, 0.1) is 22.1 Å². The third-order valence-corrected chi connectivity index (χ3v) is 11.8. The molecule has 13 heteroatoms. The topological polar surface area (TPSA) is 185 Å². The van der Waals surface area contributed by atoms with Crippen LogP contribution in [0.1, 0.15) is 106 Å². The van der Waals surface area contributed by atoms with Gasteiger partial charge in [-0.1, -0.05) is 52.9 Å². The van der Waals surface area contributed by atoms with Gasteiger partial charge in [0.15, 0.2) is 9.84 Å². The predicted octanol–water partition coefficient (Wildman–Crippen LogP) is 1.95. The van der Waals surface area contributed by atoms with E-state index in [0.717, 1.165) is 32.1 Å². The quantitative estimate of drug-likeness (QED) is 0.253. The zero-order chi connectivity index (χ0) is 32.4. The van der Waals surface area contributed by atoms with Crippen LogP contribution in [0.2, 0.25) is 0 Å². The normalized spacial score (nSPS) is 22.3. The molecule has 12 nitrogen and oxygen atoms in total. The second kappa shape index (κ2) is 13.1. The van der Waals surface area contributed by atoms with Gasteiger partial charge in [0, 0.05) is 6.54 Å². The first kappa shape index (κ1) is 34.8. The Morgan fingerprint density at radius 3 is 2.02 bits per heavy atom. The van der Waals surface area contributed by atoms with Crippen molar-refractivity contribution >= 4 is 39.4 Å². The van der Waals surface area contributed by atoms with E-state index in [1.54, 1.807) is 41.5 Å². The molecule has 2 aliphatic carbocycles. The van der Waals surface area contributed by atoms with Crippen molar-refractivity contribution in [1.82, 2.24) is 20.9 Å². The average molecular weight is 626 g/mol. The Labute approximate surface area is 255 Å². The van der Waals surface area contributed by atoms with Gasteiger partial charge >= 0.3 is 6.03 Å². The summed E-state index contributed by atoms with van der Waals surface area (Å²) in [5.41, 5.74) is 3.53. The van der Waals surface area contributed by atoms with Gasteiger partial charge in [-0.2, -0.15) is 0 Å². The summed E-state index contributed by atoms with van der Waals surface area (Å²) in [4.78, 5) is 66.2. The number of nitrogens with one attached hydrogen (secondary N) is 3. The Bertz CT molecular complexity index is 1190. The number of amides is 5. The molecule has 3 rings (SSSR count). The summed E-state index contributed by atoms with van der Waals surface area (Å²) in [5.74, 6) is -2.89. The number of urea groups is 1. The van der Waals surface area contributed by atoms with E-state index in [1.807, 2.05) is 0 Å². The van der Waals surface area contributed by atoms with Crippen LogP contribution >= 0.6 is 0 Å². The number of hydrogen-bond acceptors (Lipinski definition) is 7. The largest absolute Gasteiger partial charge is 0.363 e. The summed E-state index contributed by atoms with van der Waals surface area (Å²) < 4.78 is 25.4. The molecule has 3 aliphatic rings. The molecule has 2 saturated carbocycles. The lowest BCUT2D eigenvalue weighted by atomic mass is 9.83. The number of primary amides is 1. The van der Waals surface area contributed by atoms with Gasteiger partial charge in [0.2, 0.25) is 17.6 Å². The molecular formula is C30H51N5O7S. The summed E-state index contributed by atoms with van der Waals surface area (Å²) in [5, 5.41) is 8.44. The molecule has 5 amide bonds. The number of carbonyl (C=O) groups excluding carboxylic acids is 5. The lowest BCUT2D eigenvalue weighted by molar-refractivity contribution is -0.143. The molecule has 5 N–H and O–H groups in total. The van der Waals surface area contributed by atoms with Crippen molar-refractivity contribution in [3.8, 4) is 0 Å². The second-order valence-corrected chi connectivity index (χ2v) is 17.5. The van der Waals surface area contributed by atoms with Crippen LogP contribution < -0.4 is 21.7 Å². The van der Waals surface area contributed by atoms with E-state index in [1.165, 1.54) is 4.90 Å². The van der Waals surface area contributed by atoms with Gasteiger partial charge < -0.3 is 26.6 Å². The first-order chi connectivity index (χ1) is 19.8. The SMILES string of the molecule is CC(C)(C)[C@H](NC(=O)NC1(CS(=O)(=O)C(C)(C)C)CCCCC1)C(=O)N1CCCC1C(=O)NC(CC1CC1)C(=O)C(N)=O. The van der Waals surface area contributed by atoms with Crippen molar-refractivity contribution < 1.29 is 32.4 Å². The first-order valence-electron chi connectivity index (χ1n) is 15.5. The van der Waals surface area contributed by atoms with Gasteiger partial charge in [0.1, 0.15) is 12.1 Å². The van der Waals surface area contributed by atoms with Gasteiger partial charge in [-0.15, -0.1) is 0 Å². The average Bonchev–Trinajstić information content (AvgIpc) is 3.55. The maximum absolute atomic E-state index is 14.0. The van der Waals surface area contributed by atoms with Crippen LogP contribution in [0, 0.1) is 11.3 Å². The van der Waals surface area contributed by atoms with Crippen LogP contribution in [0.15, 0.2) is 0 Å². The van der Waals surface area contributed by atoms with E-state index >= 15 is 0 Å². The third-order valence-electron chi connectivity index (χ3n) is 8.96. The van der Waals surface area contributed by atoms with E-state index < -0.39 is 73.2 Å². The first-order valence-corrected chi connectivity index (χ1v) is 17.2. The zero-order valence-corrected chi connectivity index (χ0v) is 27.4. The molecule has 0 radical (unpaired) electrons. The molecular weight excluding hydrogens is 574 g/mol. The van der Waals surface area contributed by atoms with Crippen molar-refractivity contribution in [3.05, 3.63) is 0 Å². The van der Waals surface area contributed by atoms with Crippen LogP contribution in [0.3, 0.4) is 0 Å². The standard InChI is InChI=1S/C30H51N5O7S/c1-28(2,3)23(33-27(40)34-30(14-8-7-9-15-30)18-43(41,42)29(4,5)6)26(39)35-16-10-11-21(35)25(38)32-20(17-19-12-13-19)22(36)24(31)37/h19-21,23H,7-18H2,1-6H3,(H2,31,37)(H,32,38)(H2,33,34,40)/t20?,21?,23-/m1/s1. The molecule has 1 heterocycles. The number of Topliss-reactive ketones (excluding diaryl/α,β-unsaturated/α-hetero) is 1. The molecule has 1 aliphatic heterocycles. The highest BCUT2D eigenvalue weighted by molar-refractivity contribution is 7.92. The van der Waals surface area contributed by atoms with Gasteiger partial charge in [-0.05, 0) is 64.2 Å². The fourth-order valence-corrected chi connectivity index (χ4v) is 7.52. The molecule has 0 bridgehead atoms. The van der Waals surface area contributed by atoms with E-state index in [9.17, 15) is 32.4 Å². The molecule has 0 aromatic carbocycles. The number of likely N-dealkylation sites (tertiary alicyclic amines) is 1. The van der Waals surface area contributed by atoms with E-state index in [0.29, 0.717) is 32.1 Å². The van der Waals surface area contributed by atoms with Crippen LogP contribution in [0.25, 0.3) is 0 Å². The summed E-state index contributed by atoms with van der Waals surface area (Å²) in [6.07, 6.45) is 6.63. The van der Waals surface area contributed by atoms with Gasteiger partial charge in [0.25, 0.3) is 5.91 Å². The Morgan fingerprint density at radius 1 is 0.907 bits per heavy atom. The number of nitrogens with zero attached hydrogens (tertiary/aromatic N) is 1. The number of nitrogens with two attached hydrogens (primary N) is 1. The van der Waals surface area contributed by atoms with Crippen LogP contribution in [-0.2, 0) is 29.0 Å². The minimum absolute atomic E-state index is 0.189. The summed E-state index contributed by atoms with van der Waals surface area (Å²) in [6, 6.07) is -3.55. The van der Waals surface area contributed by atoms with Gasteiger partial charge in [-0.25, -0.2) is 13.2 Å². The Kier molecular flexibility index (Phi) is 10.6. The van der Waals surface area contributed by atoms with Crippen LogP contribution in [0.4, 0.5) is 4.79 Å². The third kappa shape index (κ3) is 8.92. The van der Waals surface area contributed by atoms with Crippen molar-refractivity contribution in [2.75, 3.05) is 12.3 Å². The molecule has 0 spiro atoms. The minimum Gasteiger partial charge on any atom is -0.363 e. The van der Waals surface area contributed by atoms with Crippen LogP contribution in [-0.4, -0.2) is 83.6 Å². The molecule has 1 saturated heterocycles. The maximum Gasteiger partial charge on any atom is 0.315 e. The van der Waals surface area contributed by atoms with Crippen molar-refractivity contribution in [3.63, 3.8) is 0 Å². The van der Waals surface area contributed by atoms with Crippen molar-refractivity contribution in [2.45, 2.75) is 134 Å². The lowest BCUT2D eigenvalue weighted by Gasteiger charge is -2.41. The minimum atomic E-state index is -3.54. The molecule has 0 aromatic heterocycles. The molecule has 43 heavy (non-hydrogen) atoms. The fourth-order valence-electron chi connectivity index (χ4n) is 6.00. The molecule has 2 unspecified atom stereocenters. The Hall–Kier alpha value is -2.70. The summed E-state index contributed by atoms with van der Waals surface area (Å²) in [6.45, 7) is 10.6. The number of sulfone groups is 1. The maximum atomic E-state index is 14.0. The highest BCUT2D eigenvalue weighted by Gasteiger charge is 2.46. The highest BCUT2D eigenvalue weighted by atomic mass is 32.2. The molecule has 3 fully saturated rings. The van der Waals surface area contributed by atoms with Gasteiger partial charge in [-0.3, -0.25) is 19.2 Å². The zero-order valence-electron chi connectivity index (χ0n) is 26.6. The van der Waals surface area contributed by atoms with E-state index in [4.69, 9.17) is 5.73 Å². The number of hydrogen-bond donors (Lipinski definition) is 4. The monoisotopic (exact) mass is 625 g/mol. The molecule has 244 valence electrons. The van der Waals surface area contributed by atoms with E-state index in [-0.39, 0.29) is 18.2 Å². The Balaban J connectivity index is 1.76. The smallest absolute Gasteiger partial charge is 0.315 e. The van der Waals surface area contributed by atoms with Crippen LogP contribution in [0.5, 0.6) is 0 Å². The lowest BCUT2D eigenvalue weighted by Crippen LogP contribution is -2.63. The molecule has 3 atom stereocenters. The van der Waals surface area contributed by atoms with E-state index in [2.05, 4.69) is 16.0 Å². The predicted molar refractivity (Wildman–Crippen MR) is 162 cm³/mol. The summed E-state index contributed by atoms with van der Waals surface area (Å²) >= 11 is 0. The van der Waals surface area contributed by atoms with Crippen molar-refractivity contribution in [2.24, 2.45) is 17.1 Å². The fraction of sp³-hybridized carbons (Fsp3) is 0.833. The Morgan fingerprint density at radius 2 is 1.51 bits per heavy atom. The second-order valence-electron chi connectivity index (χ2n) is 14.8. The number of carbonyl (C=O) groups is 5. The molecule has 0 aromatic rings. The number of rotatable bonds is 11. The van der Waals surface area contributed by atoms with Crippen molar-refractivity contribution in [1.29, 1.82) is 0 Å².